The molecule has 1 fully saturated rings. The molecule has 8 nitrogen and oxygen atoms in total. The Morgan fingerprint density at radius 3 is 2.52 bits per heavy atom. The van der Waals surface area contributed by atoms with Crippen molar-refractivity contribution < 1.29 is 35.9 Å². The molecule has 1 N–H and O–H groups in total. The van der Waals surface area contributed by atoms with Crippen LogP contribution in [0.15, 0.2) is 41.4 Å². The minimum absolute atomic E-state index is 0.000808. The topological polar surface area (TPSA) is 97.8 Å². The Kier molecular flexibility index (Phi) is 9.54. The minimum atomic E-state index is -4.33. The first-order valence-electron chi connectivity index (χ1n) is 13.5. The zero-order chi connectivity index (χ0) is 29.1. The number of fused-ring (bicyclic) bond motifs is 1. The molecule has 0 unspecified atom stereocenters. The predicted octanol–water partition coefficient (Wildman–Crippen LogP) is 4.62. The zero-order valence-electron chi connectivity index (χ0n) is 22.9. The number of nitrogens with zero attached hydrogens (tertiary/aromatic N) is 2. The molecule has 0 radical (unpaired) electrons. The standard InChI is InChI=1S/C28H36F3N3O5S/c1-4-24-26-21(15-34(24)14-18-6-11-25(39-16-18)28(29,30)31)12-20(13-32-26)27(35)33-23(17-38-3)19-7-9-22(10-8-19)40(36,37)5-2/h7-10,12-13,18,23-25H,4-6,11,14-17H2,1-3H3,(H,33,35)/t18-,23+,24+,25+/m1/s1. The van der Waals surface area contributed by atoms with Gasteiger partial charge in [0.25, 0.3) is 5.91 Å². The van der Waals surface area contributed by atoms with Crippen LogP contribution in [0.2, 0.25) is 0 Å². The van der Waals surface area contributed by atoms with Crippen molar-refractivity contribution >= 4 is 15.7 Å². The number of benzene rings is 1. The number of pyridine rings is 1. The maximum atomic E-state index is 13.2. The molecule has 220 valence electrons. The van der Waals surface area contributed by atoms with Gasteiger partial charge in [0.15, 0.2) is 15.9 Å². The molecule has 2 aliphatic heterocycles. The summed E-state index contributed by atoms with van der Waals surface area (Å²) < 4.78 is 73.6. The van der Waals surface area contributed by atoms with Crippen LogP contribution in [0.4, 0.5) is 13.2 Å². The lowest BCUT2D eigenvalue weighted by molar-refractivity contribution is -0.236. The summed E-state index contributed by atoms with van der Waals surface area (Å²) in [6, 6.07) is 7.73. The van der Waals surface area contributed by atoms with Gasteiger partial charge in [-0.05, 0) is 54.5 Å². The molecule has 1 aromatic carbocycles. The van der Waals surface area contributed by atoms with Crippen LogP contribution in [-0.4, -0.2) is 69.1 Å². The van der Waals surface area contributed by atoms with E-state index in [0.29, 0.717) is 30.6 Å². The summed E-state index contributed by atoms with van der Waals surface area (Å²) in [5, 5.41) is 2.96. The fourth-order valence-corrected chi connectivity index (χ4v) is 6.34. The molecule has 1 saturated heterocycles. The van der Waals surface area contributed by atoms with Crippen LogP contribution in [0.1, 0.15) is 72.4 Å². The summed E-state index contributed by atoms with van der Waals surface area (Å²) in [7, 11) is -1.82. The number of amides is 1. The van der Waals surface area contributed by atoms with Gasteiger partial charge in [0.1, 0.15) is 0 Å². The number of nitrogens with one attached hydrogen (secondary N) is 1. The summed E-state index contributed by atoms with van der Waals surface area (Å²) in [5.74, 6) is -0.342. The summed E-state index contributed by atoms with van der Waals surface area (Å²) in [4.78, 5) is 20.3. The minimum Gasteiger partial charge on any atom is -0.382 e. The number of halogens is 3. The van der Waals surface area contributed by atoms with Crippen molar-refractivity contribution in [3.8, 4) is 0 Å². The third-order valence-electron chi connectivity index (χ3n) is 7.67. The molecule has 1 amide bonds. The average molecular weight is 584 g/mol. The van der Waals surface area contributed by atoms with Crippen LogP contribution < -0.4 is 5.32 Å². The fourth-order valence-electron chi connectivity index (χ4n) is 5.46. The van der Waals surface area contributed by atoms with Gasteiger partial charge in [-0.25, -0.2) is 8.42 Å². The molecule has 40 heavy (non-hydrogen) atoms. The Morgan fingerprint density at radius 2 is 1.95 bits per heavy atom. The number of methoxy groups -OCH3 is 1. The Balaban J connectivity index is 1.43. The van der Waals surface area contributed by atoms with Crippen LogP contribution in [-0.2, 0) is 25.9 Å². The lowest BCUT2D eigenvalue weighted by Gasteiger charge is -2.34. The van der Waals surface area contributed by atoms with Crippen molar-refractivity contribution in [2.24, 2.45) is 5.92 Å². The molecule has 4 atom stereocenters. The van der Waals surface area contributed by atoms with E-state index in [1.807, 2.05) is 13.0 Å². The van der Waals surface area contributed by atoms with Crippen molar-refractivity contribution in [1.29, 1.82) is 0 Å². The Labute approximate surface area is 233 Å². The van der Waals surface area contributed by atoms with Crippen molar-refractivity contribution in [3.05, 3.63) is 58.9 Å². The highest BCUT2D eigenvalue weighted by atomic mass is 32.2. The second-order valence-corrected chi connectivity index (χ2v) is 12.7. The monoisotopic (exact) mass is 583 g/mol. The number of hydrogen-bond donors (Lipinski definition) is 1. The van der Waals surface area contributed by atoms with Gasteiger partial charge >= 0.3 is 6.18 Å². The highest BCUT2D eigenvalue weighted by molar-refractivity contribution is 7.91. The van der Waals surface area contributed by atoms with Gasteiger partial charge < -0.3 is 14.8 Å². The Hall–Kier alpha value is -2.54. The highest BCUT2D eigenvalue weighted by Crippen LogP contribution is 2.38. The van der Waals surface area contributed by atoms with Crippen molar-refractivity contribution in [1.82, 2.24) is 15.2 Å². The van der Waals surface area contributed by atoms with Gasteiger partial charge in [-0.3, -0.25) is 14.7 Å². The third kappa shape index (κ3) is 6.84. The zero-order valence-corrected chi connectivity index (χ0v) is 23.7. The average Bonchev–Trinajstić information content (AvgIpc) is 3.28. The molecule has 0 spiro atoms. The van der Waals surface area contributed by atoms with Gasteiger partial charge in [-0.1, -0.05) is 26.0 Å². The highest BCUT2D eigenvalue weighted by Gasteiger charge is 2.43. The first-order valence-corrected chi connectivity index (χ1v) is 15.2. The van der Waals surface area contributed by atoms with Crippen LogP contribution in [0.25, 0.3) is 0 Å². The van der Waals surface area contributed by atoms with Crippen molar-refractivity contribution in [3.63, 3.8) is 0 Å². The third-order valence-corrected chi connectivity index (χ3v) is 9.42. The predicted molar refractivity (Wildman–Crippen MR) is 142 cm³/mol. The number of aromatic nitrogens is 1. The van der Waals surface area contributed by atoms with Gasteiger partial charge in [-0.15, -0.1) is 0 Å². The molecule has 2 aliphatic rings. The second kappa shape index (κ2) is 12.5. The molecule has 4 rings (SSSR count). The van der Waals surface area contributed by atoms with E-state index in [9.17, 15) is 26.4 Å². The largest absolute Gasteiger partial charge is 0.414 e. The van der Waals surface area contributed by atoms with E-state index in [4.69, 9.17) is 9.47 Å². The van der Waals surface area contributed by atoms with E-state index in [1.165, 1.54) is 19.2 Å². The summed E-state index contributed by atoms with van der Waals surface area (Å²) in [5.41, 5.74) is 2.89. The summed E-state index contributed by atoms with van der Waals surface area (Å²) in [6.45, 7) is 5.03. The number of hydrogen-bond acceptors (Lipinski definition) is 7. The molecule has 0 aliphatic carbocycles. The van der Waals surface area contributed by atoms with Crippen molar-refractivity contribution in [2.45, 2.75) is 68.9 Å². The SMILES string of the molecule is CC[C@H]1c2ncc(C(=O)N[C@@H](COC)c3ccc(S(=O)(=O)CC)cc3)cc2CN1C[C@H]1CC[C@@H](C(F)(F)F)OC1. The van der Waals surface area contributed by atoms with Gasteiger partial charge in [-0.2, -0.15) is 13.2 Å². The van der Waals surface area contributed by atoms with E-state index < -0.39 is 28.2 Å². The normalized spacial score (nSPS) is 22.6. The maximum absolute atomic E-state index is 13.2. The molecular formula is C28H36F3N3O5S. The lowest BCUT2D eigenvalue weighted by atomic mass is 9.97. The number of sulfone groups is 1. The van der Waals surface area contributed by atoms with Crippen LogP contribution >= 0.6 is 0 Å². The van der Waals surface area contributed by atoms with E-state index >= 15 is 0 Å². The Morgan fingerprint density at radius 1 is 1.23 bits per heavy atom. The first kappa shape index (κ1) is 30.4. The summed E-state index contributed by atoms with van der Waals surface area (Å²) >= 11 is 0. The second-order valence-electron chi connectivity index (χ2n) is 10.4. The number of ether oxygens (including phenoxy) is 2. The van der Waals surface area contributed by atoms with Gasteiger partial charge in [0.2, 0.25) is 0 Å². The van der Waals surface area contributed by atoms with Gasteiger partial charge in [0.05, 0.1) is 47.2 Å². The van der Waals surface area contributed by atoms with Crippen LogP contribution in [0.5, 0.6) is 0 Å². The molecule has 1 aromatic heterocycles. The number of carbonyl (C=O) groups excluding carboxylic acids is 1. The molecule has 3 heterocycles. The number of alkyl halides is 3. The van der Waals surface area contributed by atoms with E-state index in [0.717, 1.165) is 17.7 Å². The van der Waals surface area contributed by atoms with E-state index in [-0.39, 0.29) is 48.1 Å². The van der Waals surface area contributed by atoms with Crippen LogP contribution in [0, 0.1) is 5.92 Å². The number of rotatable bonds is 10. The first-order chi connectivity index (χ1) is 19.0. The van der Waals surface area contributed by atoms with E-state index in [1.54, 1.807) is 25.3 Å². The van der Waals surface area contributed by atoms with E-state index in [2.05, 4.69) is 15.2 Å². The molecule has 0 saturated carbocycles. The van der Waals surface area contributed by atoms with Crippen LogP contribution in [0.3, 0.4) is 0 Å². The summed E-state index contributed by atoms with van der Waals surface area (Å²) in [6.07, 6.45) is -3.28. The molecule has 12 heteroatoms. The number of carbonyl (C=O) groups is 1. The molecular weight excluding hydrogens is 547 g/mol. The molecule has 2 aromatic rings. The maximum Gasteiger partial charge on any atom is 0.414 e. The Bertz CT molecular complexity index is 1280. The molecule has 0 bridgehead atoms. The quantitative estimate of drug-likeness (QED) is 0.436. The fraction of sp³-hybridized carbons (Fsp3) is 0.571. The smallest absolute Gasteiger partial charge is 0.382 e. The van der Waals surface area contributed by atoms with Crippen molar-refractivity contribution in [2.75, 3.05) is 32.6 Å². The lowest BCUT2D eigenvalue weighted by Crippen LogP contribution is -2.40. The van der Waals surface area contributed by atoms with Gasteiger partial charge in [0, 0.05) is 26.4 Å².